The number of ketones is 1. The van der Waals surface area contributed by atoms with Crippen molar-refractivity contribution < 1.29 is 9.53 Å². The Kier molecular flexibility index (Phi) is 4.48. The standard InChI is InChI=1S/C16H15NO2S/c1-11(17)16(20)15(18)12-7-9-14(10-8-12)19-13-5-3-2-4-6-13/h2-10,20H,17H2,1H3/b16-11+. The van der Waals surface area contributed by atoms with Gasteiger partial charge in [-0.1, -0.05) is 18.2 Å². The fraction of sp³-hybridized carbons (Fsp3) is 0.0625. The summed E-state index contributed by atoms with van der Waals surface area (Å²) in [6.07, 6.45) is 0. The third kappa shape index (κ3) is 3.42. The maximum atomic E-state index is 12.0. The summed E-state index contributed by atoms with van der Waals surface area (Å²) < 4.78 is 5.65. The first-order chi connectivity index (χ1) is 9.58. The van der Waals surface area contributed by atoms with E-state index in [2.05, 4.69) is 12.6 Å². The zero-order valence-electron chi connectivity index (χ0n) is 11.0. The Balaban J connectivity index is 2.15. The molecule has 0 saturated heterocycles. The molecule has 20 heavy (non-hydrogen) atoms. The molecule has 0 heterocycles. The molecule has 0 fully saturated rings. The number of carbonyl (C=O) groups is 1. The van der Waals surface area contributed by atoms with Crippen LogP contribution in [0, 0.1) is 0 Å². The predicted molar refractivity (Wildman–Crippen MR) is 83.2 cm³/mol. The van der Waals surface area contributed by atoms with Crippen molar-refractivity contribution in [3.05, 3.63) is 70.8 Å². The Morgan fingerprint density at radius 3 is 2.10 bits per heavy atom. The van der Waals surface area contributed by atoms with Gasteiger partial charge < -0.3 is 10.5 Å². The van der Waals surface area contributed by atoms with E-state index in [1.165, 1.54) is 0 Å². The van der Waals surface area contributed by atoms with Crippen molar-refractivity contribution in [1.29, 1.82) is 0 Å². The van der Waals surface area contributed by atoms with Crippen LogP contribution in [0.2, 0.25) is 0 Å². The molecule has 2 N–H and O–H groups in total. The Morgan fingerprint density at radius 1 is 1.00 bits per heavy atom. The number of thiol groups is 1. The largest absolute Gasteiger partial charge is 0.457 e. The Hall–Kier alpha value is -2.20. The molecule has 0 amide bonds. The number of nitrogens with two attached hydrogens (primary N) is 1. The van der Waals surface area contributed by atoms with Crippen LogP contribution in [0.1, 0.15) is 17.3 Å². The second-order valence-corrected chi connectivity index (χ2v) is 4.75. The molecule has 0 saturated carbocycles. The number of ether oxygens (including phenoxy) is 1. The molecule has 0 aromatic heterocycles. The highest BCUT2D eigenvalue weighted by molar-refractivity contribution is 7.85. The number of carbonyl (C=O) groups excluding carboxylic acids is 1. The second kappa shape index (κ2) is 6.30. The number of hydrogen-bond donors (Lipinski definition) is 2. The topological polar surface area (TPSA) is 52.3 Å². The first-order valence-electron chi connectivity index (χ1n) is 6.11. The molecular formula is C16H15NO2S. The van der Waals surface area contributed by atoms with Gasteiger partial charge in [-0.05, 0) is 43.3 Å². The van der Waals surface area contributed by atoms with Crippen molar-refractivity contribution in [2.75, 3.05) is 0 Å². The fourth-order valence-electron chi connectivity index (χ4n) is 1.61. The molecule has 0 aliphatic heterocycles. The number of rotatable bonds is 4. The quantitative estimate of drug-likeness (QED) is 0.510. The number of para-hydroxylation sites is 1. The van der Waals surface area contributed by atoms with Crippen LogP contribution in [0.3, 0.4) is 0 Å². The first-order valence-corrected chi connectivity index (χ1v) is 6.55. The van der Waals surface area contributed by atoms with Crippen molar-refractivity contribution in [3.8, 4) is 11.5 Å². The summed E-state index contributed by atoms with van der Waals surface area (Å²) in [6.45, 7) is 1.65. The van der Waals surface area contributed by atoms with E-state index in [1.807, 2.05) is 30.3 Å². The van der Waals surface area contributed by atoms with Gasteiger partial charge in [-0.15, -0.1) is 12.6 Å². The highest BCUT2D eigenvalue weighted by Gasteiger charge is 2.10. The summed E-state index contributed by atoms with van der Waals surface area (Å²) in [5, 5.41) is 0. The summed E-state index contributed by atoms with van der Waals surface area (Å²) >= 11 is 4.11. The van der Waals surface area contributed by atoms with E-state index < -0.39 is 0 Å². The molecule has 0 unspecified atom stereocenters. The van der Waals surface area contributed by atoms with Gasteiger partial charge in [0.15, 0.2) is 0 Å². The number of hydrogen-bond acceptors (Lipinski definition) is 4. The van der Waals surface area contributed by atoms with Gasteiger partial charge in [0.05, 0.1) is 4.91 Å². The number of allylic oxidation sites excluding steroid dienone is 2. The predicted octanol–water partition coefficient (Wildman–Crippen LogP) is 3.78. The monoisotopic (exact) mass is 285 g/mol. The van der Waals surface area contributed by atoms with Crippen molar-refractivity contribution in [3.63, 3.8) is 0 Å². The van der Waals surface area contributed by atoms with Crippen LogP contribution < -0.4 is 10.5 Å². The molecule has 0 aliphatic carbocycles. The Morgan fingerprint density at radius 2 is 1.55 bits per heavy atom. The maximum absolute atomic E-state index is 12.0. The highest BCUT2D eigenvalue weighted by atomic mass is 32.1. The van der Waals surface area contributed by atoms with Gasteiger partial charge in [0.1, 0.15) is 11.5 Å². The lowest BCUT2D eigenvalue weighted by molar-refractivity contribution is 0.104. The molecule has 0 spiro atoms. The molecule has 0 bridgehead atoms. The lowest BCUT2D eigenvalue weighted by Crippen LogP contribution is -2.05. The van der Waals surface area contributed by atoms with E-state index in [9.17, 15) is 4.79 Å². The number of benzene rings is 2. The molecule has 2 aromatic carbocycles. The van der Waals surface area contributed by atoms with Crippen molar-refractivity contribution in [2.24, 2.45) is 5.73 Å². The van der Waals surface area contributed by atoms with Gasteiger partial charge >= 0.3 is 0 Å². The van der Waals surface area contributed by atoms with E-state index >= 15 is 0 Å². The van der Waals surface area contributed by atoms with Crippen LogP contribution in [0.25, 0.3) is 0 Å². The Labute approximate surface area is 123 Å². The summed E-state index contributed by atoms with van der Waals surface area (Å²) in [5.41, 5.74) is 6.50. The smallest absolute Gasteiger partial charge is 0.200 e. The van der Waals surface area contributed by atoms with Crippen LogP contribution >= 0.6 is 12.6 Å². The maximum Gasteiger partial charge on any atom is 0.200 e. The van der Waals surface area contributed by atoms with Gasteiger partial charge in [-0.2, -0.15) is 0 Å². The molecule has 2 aromatic rings. The van der Waals surface area contributed by atoms with Gasteiger partial charge in [0, 0.05) is 11.3 Å². The average Bonchev–Trinajstić information content (AvgIpc) is 2.47. The molecule has 3 nitrogen and oxygen atoms in total. The third-order valence-electron chi connectivity index (χ3n) is 2.68. The zero-order valence-corrected chi connectivity index (χ0v) is 11.9. The normalized spacial score (nSPS) is 11.7. The third-order valence-corrected chi connectivity index (χ3v) is 3.24. The second-order valence-electron chi connectivity index (χ2n) is 4.30. The molecule has 4 heteroatoms. The molecule has 102 valence electrons. The molecule has 0 aliphatic rings. The summed E-state index contributed by atoms with van der Waals surface area (Å²) in [4.78, 5) is 12.3. The van der Waals surface area contributed by atoms with E-state index in [1.54, 1.807) is 31.2 Å². The number of Topliss-reactive ketones (excluding diaryl/α,β-unsaturated/α-hetero) is 1. The van der Waals surface area contributed by atoms with E-state index in [4.69, 9.17) is 10.5 Å². The minimum Gasteiger partial charge on any atom is -0.457 e. The summed E-state index contributed by atoms with van der Waals surface area (Å²) in [5.74, 6) is 1.22. The van der Waals surface area contributed by atoms with Gasteiger partial charge in [-0.3, -0.25) is 4.79 Å². The van der Waals surface area contributed by atoms with E-state index in [0.29, 0.717) is 17.0 Å². The van der Waals surface area contributed by atoms with E-state index in [-0.39, 0.29) is 10.7 Å². The molecule has 2 rings (SSSR count). The lowest BCUT2D eigenvalue weighted by atomic mass is 10.1. The zero-order chi connectivity index (χ0) is 14.5. The van der Waals surface area contributed by atoms with Crippen LogP contribution in [-0.4, -0.2) is 5.78 Å². The van der Waals surface area contributed by atoms with Gasteiger partial charge in [0.2, 0.25) is 5.78 Å². The summed E-state index contributed by atoms with van der Waals surface area (Å²) in [7, 11) is 0. The Bertz CT molecular complexity index is 629. The summed E-state index contributed by atoms with van der Waals surface area (Å²) in [6, 6.07) is 16.3. The van der Waals surface area contributed by atoms with Crippen LogP contribution in [0.5, 0.6) is 11.5 Å². The minimum atomic E-state index is -0.195. The van der Waals surface area contributed by atoms with Crippen molar-refractivity contribution >= 4 is 18.4 Å². The SMILES string of the molecule is C/C(N)=C(\S)C(=O)c1ccc(Oc2ccccc2)cc1. The van der Waals surface area contributed by atoms with Crippen LogP contribution in [0.15, 0.2) is 65.2 Å². The molecular weight excluding hydrogens is 270 g/mol. The minimum absolute atomic E-state index is 0.195. The average molecular weight is 285 g/mol. The van der Waals surface area contributed by atoms with Crippen molar-refractivity contribution in [1.82, 2.24) is 0 Å². The van der Waals surface area contributed by atoms with Crippen molar-refractivity contribution in [2.45, 2.75) is 6.92 Å². The molecule has 0 radical (unpaired) electrons. The molecule has 0 atom stereocenters. The highest BCUT2D eigenvalue weighted by Crippen LogP contribution is 2.22. The fourth-order valence-corrected chi connectivity index (χ4v) is 1.74. The van der Waals surface area contributed by atoms with E-state index in [0.717, 1.165) is 5.75 Å². The van der Waals surface area contributed by atoms with Gasteiger partial charge in [-0.25, -0.2) is 0 Å². The van der Waals surface area contributed by atoms with Crippen LogP contribution in [-0.2, 0) is 0 Å². The van der Waals surface area contributed by atoms with Gasteiger partial charge in [0.25, 0.3) is 0 Å². The lowest BCUT2D eigenvalue weighted by Gasteiger charge is -2.07. The first kappa shape index (κ1) is 14.2. The van der Waals surface area contributed by atoms with Crippen LogP contribution in [0.4, 0.5) is 0 Å².